The predicted molar refractivity (Wildman–Crippen MR) is 49.3 cm³/mol. The number of hydrogen-bond acceptors (Lipinski definition) is 2. The van der Waals surface area contributed by atoms with E-state index >= 15 is 0 Å². The van der Waals surface area contributed by atoms with Crippen LogP contribution >= 0.6 is 0 Å². The Labute approximate surface area is 72.3 Å². The summed E-state index contributed by atoms with van der Waals surface area (Å²) in [5, 5.41) is 6.28. The first kappa shape index (κ1) is 7.40. The summed E-state index contributed by atoms with van der Waals surface area (Å²) in [6.07, 6.45) is 3.17. The van der Waals surface area contributed by atoms with E-state index in [-0.39, 0.29) is 0 Å². The molecule has 0 bridgehead atoms. The van der Waals surface area contributed by atoms with Gasteiger partial charge in [-0.05, 0) is 12.1 Å². The number of rotatable bonds is 1. The Morgan fingerprint density at radius 2 is 2.33 bits per heavy atom. The second-order valence-corrected chi connectivity index (χ2v) is 3.23. The van der Waals surface area contributed by atoms with Gasteiger partial charge in [0.05, 0.1) is 11.4 Å². The van der Waals surface area contributed by atoms with Gasteiger partial charge in [0.15, 0.2) is 0 Å². The van der Waals surface area contributed by atoms with Gasteiger partial charge in [-0.1, -0.05) is 0 Å². The molecule has 1 aliphatic heterocycles. The predicted octanol–water partition coefficient (Wildman–Crippen LogP) is 1.16. The van der Waals surface area contributed by atoms with Gasteiger partial charge in [0, 0.05) is 33.3 Å². The molecule has 0 saturated carbocycles. The number of nitrogens with zero attached hydrogens (tertiary/aromatic N) is 3. The molecule has 3 heteroatoms. The van der Waals surface area contributed by atoms with Crippen LogP contribution in [0, 0.1) is 0 Å². The molecule has 64 valence electrons. The lowest BCUT2D eigenvalue weighted by Crippen LogP contribution is -2.07. The van der Waals surface area contributed by atoms with Gasteiger partial charge in [-0.25, -0.2) is 0 Å². The molecule has 0 radical (unpaired) electrons. The summed E-state index contributed by atoms with van der Waals surface area (Å²) in [5.41, 5.74) is 2.47. The normalized spacial score (nSPS) is 18.3. The summed E-state index contributed by atoms with van der Waals surface area (Å²) in [7, 11) is 3.91. The van der Waals surface area contributed by atoms with Crippen molar-refractivity contribution in [2.45, 2.75) is 13.0 Å². The van der Waals surface area contributed by atoms with Crippen molar-refractivity contribution < 1.29 is 0 Å². The highest BCUT2D eigenvalue weighted by Gasteiger charge is 2.16. The molecule has 0 saturated heterocycles. The zero-order valence-corrected chi connectivity index (χ0v) is 7.49. The molecule has 0 amide bonds. The van der Waals surface area contributed by atoms with E-state index in [0.29, 0.717) is 0 Å². The Kier molecular flexibility index (Phi) is 1.64. The van der Waals surface area contributed by atoms with E-state index in [1.807, 2.05) is 19.1 Å². The minimum atomic E-state index is 1.06. The second kappa shape index (κ2) is 2.66. The third-order valence-electron chi connectivity index (χ3n) is 2.04. The topological polar surface area (TPSA) is 20.5 Å². The highest BCUT2D eigenvalue weighted by atomic mass is 15.4. The Hall–Kier alpha value is -1.25. The molecule has 0 spiro atoms. The first-order valence-corrected chi connectivity index (χ1v) is 4.17. The number of aryl methyl sites for hydroxylation is 1. The van der Waals surface area contributed by atoms with Crippen LogP contribution < -0.4 is 0 Å². The van der Waals surface area contributed by atoms with Crippen LogP contribution in [-0.2, 0) is 6.54 Å². The van der Waals surface area contributed by atoms with E-state index in [2.05, 4.69) is 28.0 Å². The molecule has 0 fully saturated rings. The maximum atomic E-state index is 4.42. The van der Waals surface area contributed by atoms with Crippen molar-refractivity contribution in [1.29, 1.82) is 0 Å². The van der Waals surface area contributed by atoms with Crippen molar-refractivity contribution in [1.82, 2.24) is 9.58 Å². The monoisotopic (exact) mass is 163 g/mol. The Morgan fingerprint density at radius 3 is 3.08 bits per heavy atom. The minimum Gasteiger partial charge on any atom is -0.346 e. The number of fused-ring (bicyclic) bond motifs is 1. The summed E-state index contributed by atoms with van der Waals surface area (Å²) in [4.78, 5) is 0. The first-order chi connectivity index (χ1) is 5.77. The minimum absolute atomic E-state index is 1.06. The van der Waals surface area contributed by atoms with E-state index in [1.54, 1.807) is 0 Å². The molecule has 3 nitrogen and oxygen atoms in total. The van der Waals surface area contributed by atoms with Crippen LogP contribution in [0.2, 0.25) is 0 Å². The number of hydrogen-bond donors (Lipinski definition) is 0. The van der Waals surface area contributed by atoms with Gasteiger partial charge in [0.1, 0.15) is 0 Å². The van der Waals surface area contributed by atoms with Crippen molar-refractivity contribution in [3.63, 3.8) is 0 Å². The average Bonchev–Trinajstić information content (AvgIpc) is 2.52. The molecule has 12 heavy (non-hydrogen) atoms. The molecule has 1 aliphatic rings. The van der Waals surface area contributed by atoms with E-state index in [4.69, 9.17) is 0 Å². The molecule has 1 aromatic heterocycles. The molecule has 0 unspecified atom stereocenters. The Morgan fingerprint density at radius 1 is 1.50 bits per heavy atom. The van der Waals surface area contributed by atoms with Gasteiger partial charge in [-0.3, -0.25) is 0 Å². The van der Waals surface area contributed by atoms with Crippen LogP contribution in [0.1, 0.15) is 12.1 Å². The fraction of sp³-hybridized carbons (Fsp3) is 0.444. The lowest BCUT2D eigenvalue weighted by Gasteiger charge is -2.05. The molecule has 0 atom stereocenters. The van der Waals surface area contributed by atoms with E-state index in [0.717, 1.165) is 13.0 Å². The van der Waals surface area contributed by atoms with Crippen molar-refractivity contribution >= 4 is 5.71 Å². The molecule has 0 N–H and O–H groups in total. The number of hydrazone groups is 1. The summed E-state index contributed by atoms with van der Waals surface area (Å²) in [6.45, 7) is 1.08. The van der Waals surface area contributed by atoms with Gasteiger partial charge in [-0.2, -0.15) is 5.10 Å². The number of aromatic nitrogens is 1. The van der Waals surface area contributed by atoms with Gasteiger partial charge in [0.2, 0.25) is 0 Å². The fourth-order valence-electron chi connectivity index (χ4n) is 1.57. The quantitative estimate of drug-likeness (QED) is 0.569. The molecule has 2 rings (SSSR count). The van der Waals surface area contributed by atoms with Crippen molar-refractivity contribution in [3.05, 3.63) is 24.0 Å². The summed E-state index contributed by atoms with van der Waals surface area (Å²) < 4.78 is 2.24. The highest BCUT2D eigenvalue weighted by molar-refractivity contribution is 6.00. The third kappa shape index (κ3) is 1.11. The van der Waals surface area contributed by atoms with E-state index in [9.17, 15) is 0 Å². The smallest absolute Gasteiger partial charge is 0.0859 e. The lowest BCUT2D eigenvalue weighted by molar-refractivity contribution is 0.437. The van der Waals surface area contributed by atoms with Crippen molar-refractivity contribution in [2.24, 2.45) is 5.10 Å². The lowest BCUT2D eigenvalue weighted by atomic mass is 10.2. The largest absolute Gasteiger partial charge is 0.346 e. The first-order valence-electron chi connectivity index (χ1n) is 4.17. The van der Waals surface area contributed by atoms with Crippen LogP contribution in [0.4, 0.5) is 0 Å². The van der Waals surface area contributed by atoms with Crippen LogP contribution in [-0.4, -0.2) is 29.4 Å². The standard InChI is InChI=1S/C9H13N3/c1-11(2)10-8-5-7-12-6-3-4-9(8)12/h3-4,6H,5,7H2,1-2H3/b10-8-. The van der Waals surface area contributed by atoms with E-state index in [1.165, 1.54) is 11.4 Å². The molecular weight excluding hydrogens is 150 g/mol. The van der Waals surface area contributed by atoms with Crippen molar-refractivity contribution in [2.75, 3.05) is 14.1 Å². The second-order valence-electron chi connectivity index (χ2n) is 3.23. The summed E-state index contributed by atoms with van der Waals surface area (Å²) >= 11 is 0. The van der Waals surface area contributed by atoms with Gasteiger partial charge >= 0.3 is 0 Å². The highest BCUT2D eigenvalue weighted by Crippen LogP contribution is 2.15. The SMILES string of the molecule is CN(C)/N=C1/CCn2cccc21. The maximum absolute atomic E-state index is 4.42. The maximum Gasteiger partial charge on any atom is 0.0859 e. The average molecular weight is 163 g/mol. The molecule has 0 aromatic carbocycles. The zero-order chi connectivity index (χ0) is 8.55. The van der Waals surface area contributed by atoms with Gasteiger partial charge in [0.25, 0.3) is 0 Å². The van der Waals surface area contributed by atoms with Gasteiger partial charge in [-0.15, -0.1) is 0 Å². The van der Waals surface area contributed by atoms with Crippen molar-refractivity contribution in [3.8, 4) is 0 Å². The van der Waals surface area contributed by atoms with E-state index < -0.39 is 0 Å². The Balaban J connectivity index is 2.34. The third-order valence-corrected chi connectivity index (χ3v) is 2.04. The molecular formula is C9H13N3. The fourth-order valence-corrected chi connectivity index (χ4v) is 1.57. The van der Waals surface area contributed by atoms with Crippen LogP contribution in [0.25, 0.3) is 0 Å². The molecule has 1 aromatic rings. The summed E-state index contributed by atoms with van der Waals surface area (Å²) in [5.74, 6) is 0. The Bertz CT molecular complexity index is 309. The van der Waals surface area contributed by atoms with Crippen LogP contribution in [0.3, 0.4) is 0 Å². The molecule has 0 aliphatic carbocycles. The van der Waals surface area contributed by atoms with Gasteiger partial charge < -0.3 is 9.58 Å². The molecule has 2 heterocycles. The van der Waals surface area contributed by atoms with Crippen LogP contribution in [0.5, 0.6) is 0 Å². The summed E-state index contributed by atoms with van der Waals surface area (Å²) in [6, 6.07) is 4.19. The zero-order valence-electron chi connectivity index (χ0n) is 7.49. The van der Waals surface area contributed by atoms with Crippen LogP contribution in [0.15, 0.2) is 23.4 Å².